The van der Waals surface area contributed by atoms with Crippen LogP contribution in [0.3, 0.4) is 0 Å². The number of nitrogens with one attached hydrogen (secondary N) is 1. The van der Waals surface area contributed by atoms with Crippen molar-refractivity contribution >= 4 is 17.7 Å². The van der Waals surface area contributed by atoms with Gasteiger partial charge in [0.15, 0.2) is 11.0 Å². The molecule has 134 valence electrons. The van der Waals surface area contributed by atoms with Crippen molar-refractivity contribution in [1.29, 1.82) is 0 Å². The van der Waals surface area contributed by atoms with Crippen molar-refractivity contribution in [3.05, 3.63) is 30.1 Å². The van der Waals surface area contributed by atoms with Crippen LogP contribution < -0.4 is 5.32 Å². The minimum absolute atomic E-state index is 0.0460. The molecule has 0 aliphatic heterocycles. The second kappa shape index (κ2) is 6.78. The number of rotatable bonds is 5. The molecule has 7 heteroatoms. The minimum Gasteiger partial charge on any atom is -0.351 e. The number of benzene rings is 1. The van der Waals surface area contributed by atoms with Crippen LogP contribution in [0.25, 0.3) is 11.4 Å². The van der Waals surface area contributed by atoms with Crippen LogP contribution >= 0.6 is 11.8 Å². The lowest BCUT2D eigenvalue weighted by Crippen LogP contribution is -2.44. The summed E-state index contributed by atoms with van der Waals surface area (Å²) in [7, 11) is 0. The van der Waals surface area contributed by atoms with Gasteiger partial charge in [-0.25, -0.2) is 4.39 Å². The smallest absolute Gasteiger partial charge is 0.233 e. The summed E-state index contributed by atoms with van der Waals surface area (Å²) in [6.07, 6.45) is 2.05. The maximum absolute atomic E-state index is 14.2. The van der Waals surface area contributed by atoms with Gasteiger partial charge in [-0.2, -0.15) is 0 Å². The lowest BCUT2D eigenvalue weighted by Gasteiger charge is -2.23. The summed E-state index contributed by atoms with van der Waals surface area (Å²) < 4.78 is 16.1. The molecule has 3 rings (SSSR count). The number of carbonyl (C=O) groups excluding carboxylic acids is 1. The molecule has 1 amide bonds. The van der Waals surface area contributed by atoms with Crippen LogP contribution in [-0.2, 0) is 4.79 Å². The summed E-state index contributed by atoms with van der Waals surface area (Å²) in [5, 5.41) is 11.8. The fourth-order valence-corrected chi connectivity index (χ4v) is 3.45. The molecule has 1 N–H and O–H groups in total. The van der Waals surface area contributed by atoms with Crippen LogP contribution in [-0.4, -0.2) is 31.5 Å². The molecule has 1 aliphatic rings. The van der Waals surface area contributed by atoms with Crippen molar-refractivity contribution in [3.63, 3.8) is 0 Å². The summed E-state index contributed by atoms with van der Waals surface area (Å²) in [6.45, 7) is 7.70. The van der Waals surface area contributed by atoms with Crippen LogP contribution in [0.5, 0.6) is 0 Å². The van der Waals surface area contributed by atoms with E-state index in [0.717, 1.165) is 12.8 Å². The van der Waals surface area contributed by atoms with Gasteiger partial charge in [-0.3, -0.25) is 9.36 Å². The second-order valence-electron chi connectivity index (χ2n) is 7.39. The summed E-state index contributed by atoms with van der Waals surface area (Å²) in [5.74, 6) is 0.175. The number of hydrogen-bond donors (Lipinski definition) is 1. The van der Waals surface area contributed by atoms with Gasteiger partial charge in [0.2, 0.25) is 5.91 Å². The Bertz CT molecular complexity index is 780. The minimum atomic E-state index is -0.313. The summed E-state index contributed by atoms with van der Waals surface area (Å²) in [6, 6.07) is 6.86. The molecule has 1 aliphatic carbocycles. The van der Waals surface area contributed by atoms with Gasteiger partial charge < -0.3 is 5.32 Å². The second-order valence-corrected chi connectivity index (χ2v) is 8.69. The third kappa shape index (κ3) is 4.21. The normalized spacial score (nSPS) is 15.9. The predicted molar refractivity (Wildman–Crippen MR) is 96.9 cm³/mol. The Labute approximate surface area is 151 Å². The van der Waals surface area contributed by atoms with E-state index in [9.17, 15) is 9.18 Å². The molecule has 0 bridgehead atoms. The molecule has 2 aromatic rings. The molecule has 0 saturated heterocycles. The first-order chi connectivity index (χ1) is 11.8. The molecule has 0 spiro atoms. The summed E-state index contributed by atoms with van der Waals surface area (Å²) in [4.78, 5) is 12.3. The van der Waals surface area contributed by atoms with Crippen molar-refractivity contribution < 1.29 is 9.18 Å². The van der Waals surface area contributed by atoms with E-state index in [1.807, 2.05) is 32.3 Å². The maximum atomic E-state index is 14.2. The number of thioether (sulfide) groups is 1. The molecule has 0 unspecified atom stereocenters. The highest BCUT2D eigenvalue weighted by atomic mass is 32.2. The van der Waals surface area contributed by atoms with Crippen LogP contribution in [0.15, 0.2) is 29.4 Å². The fourth-order valence-electron chi connectivity index (χ4n) is 2.53. The molecule has 1 aromatic heterocycles. The lowest BCUT2D eigenvalue weighted by atomic mass is 10.1. The van der Waals surface area contributed by atoms with Gasteiger partial charge in [0, 0.05) is 11.6 Å². The average Bonchev–Trinajstić information content (AvgIpc) is 3.27. The highest BCUT2D eigenvalue weighted by Crippen LogP contribution is 2.42. The lowest BCUT2D eigenvalue weighted by molar-refractivity contribution is -0.121. The Morgan fingerprint density at radius 2 is 2.00 bits per heavy atom. The summed E-state index contributed by atoms with van der Waals surface area (Å²) >= 11 is 1.36. The van der Waals surface area contributed by atoms with Crippen LogP contribution in [0.4, 0.5) is 4.39 Å². The van der Waals surface area contributed by atoms with Gasteiger partial charge in [0.25, 0.3) is 0 Å². The van der Waals surface area contributed by atoms with Gasteiger partial charge in [-0.15, -0.1) is 10.2 Å². The van der Waals surface area contributed by atoms with Crippen molar-refractivity contribution in [2.75, 3.05) is 0 Å². The van der Waals surface area contributed by atoms with E-state index in [2.05, 4.69) is 15.5 Å². The predicted octanol–water partition coefficient (Wildman–Crippen LogP) is 3.81. The average molecular weight is 362 g/mol. The van der Waals surface area contributed by atoms with Crippen molar-refractivity contribution in [1.82, 2.24) is 20.1 Å². The van der Waals surface area contributed by atoms with E-state index >= 15 is 0 Å². The van der Waals surface area contributed by atoms with Crippen molar-refractivity contribution in [2.24, 2.45) is 0 Å². The van der Waals surface area contributed by atoms with E-state index < -0.39 is 0 Å². The zero-order valence-corrected chi connectivity index (χ0v) is 15.7. The van der Waals surface area contributed by atoms with E-state index in [1.165, 1.54) is 17.8 Å². The zero-order chi connectivity index (χ0) is 18.2. The van der Waals surface area contributed by atoms with E-state index in [0.29, 0.717) is 16.5 Å². The molecule has 25 heavy (non-hydrogen) atoms. The first kappa shape index (κ1) is 17.9. The number of carbonyl (C=O) groups is 1. The third-order valence-corrected chi connectivity index (χ3v) is 4.90. The Hall–Kier alpha value is -1.89. The van der Waals surface area contributed by atoms with Crippen LogP contribution in [0.2, 0.25) is 0 Å². The number of amides is 1. The standard InChI is InChI=1S/C18H23FN4OS/c1-11(16(24)20-18(2,3)4)25-17-22-21-15(23(17)12-9-10-12)13-7-5-6-8-14(13)19/h5-8,11-12H,9-10H2,1-4H3,(H,20,24)/t11-/m1/s1. The third-order valence-electron chi connectivity index (χ3n) is 3.84. The zero-order valence-electron chi connectivity index (χ0n) is 14.9. The van der Waals surface area contributed by atoms with Gasteiger partial charge >= 0.3 is 0 Å². The van der Waals surface area contributed by atoms with Gasteiger partial charge in [0.05, 0.1) is 10.8 Å². The SMILES string of the molecule is C[C@@H](Sc1nnc(-c2ccccc2F)n1C1CC1)C(=O)NC(C)(C)C. The van der Waals surface area contributed by atoms with Crippen molar-refractivity contribution in [3.8, 4) is 11.4 Å². The van der Waals surface area contributed by atoms with Crippen LogP contribution in [0.1, 0.15) is 46.6 Å². The Morgan fingerprint density at radius 3 is 2.60 bits per heavy atom. The molecule has 0 radical (unpaired) electrons. The first-order valence-electron chi connectivity index (χ1n) is 8.45. The molecule has 1 saturated carbocycles. The first-order valence-corrected chi connectivity index (χ1v) is 9.33. The molecule has 1 atom stereocenters. The molecule has 1 heterocycles. The van der Waals surface area contributed by atoms with Gasteiger partial charge in [-0.05, 0) is 52.7 Å². The Morgan fingerprint density at radius 1 is 1.32 bits per heavy atom. The fraction of sp³-hybridized carbons (Fsp3) is 0.500. The van der Waals surface area contributed by atoms with E-state index in [-0.39, 0.29) is 28.6 Å². The number of hydrogen-bond acceptors (Lipinski definition) is 4. The summed E-state index contributed by atoms with van der Waals surface area (Å²) in [5.41, 5.74) is 0.162. The van der Waals surface area contributed by atoms with Gasteiger partial charge in [-0.1, -0.05) is 23.9 Å². The molecular weight excluding hydrogens is 339 g/mol. The topological polar surface area (TPSA) is 59.8 Å². The quantitative estimate of drug-likeness (QED) is 0.822. The molecule has 5 nitrogen and oxygen atoms in total. The van der Waals surface area contributed by atoms with Gasteiger partial charge in [0.1, 0.15) is 5.82 Å². The highest BCUT2D eigenvalue weighted by molar-refractivity contribution is 8.00. The molecular formula is C18H23FN4OS. The largest absolute Gasteiger partial charge is 0.351 e. The Balaban J connectivity index is 1.86. The molecule has 1 aromatic carbocycles. The maximum Gasteiger partial charge on any atom is 0.233 e. The number of halogens is 1. The Kier molecular flexibility index (Phi) is 4.86. The highest BCUT2D eigenvalue weighted by Gasteiger charge is 2.32. The van der Waals surface area contributed by atoms with Crippen LogP contribution in [0, 0.1) is 5.82 Å². The van der Waals surface area contributed by atoms with E-state index in [1.54, 1.807) is 18.2 Å². The molecule has 1 fully saturated rings. The van der Waals surface area contributed by atoms with E-state index in [4.69, 9.17) is 0 Å². The monoisotopic (exact) mass is 362 g/mol. The number of aromatic nitrogens is 3. The number of nitrogens with zero attached hydrogens (tertiary/aromatic N) is 3. The van der Waals surface area contributed by atoms with Crippen molar-refractivity contribution in [2.45, 2.75) is 62.5 Å².